The molecule has 0 amide bonds. The number of hydrogen-bond acceptors (Lipinski definition) is 6. The number of benzene rings is 12. The van der Waals surface area contributed by atoms with E-state index in [-0.39, 0.29) is 14.1 Å². The normalized spacial score (nSPS) is 11.5. The van der Waals surface area contributed by atoms with E-state index >= 15 is 0 Å². The summed E-state index contributed by atoms with van der Waals surface area (Å²) in [5.74, 6) is 3.08. The molecule has 0 unspecified atom stereocenters. The van der Waals surface area contributed by atoms with Crippen LogP contribution in [-0.2, 0) is 0 Å². The number of rotatable bonds is 12. The van der Waals surface area contributed by atoms with Crippen molar-refractivity contribution in [2.45, 2.75) is 7.43 Å². The average molecular weight is 1070 g/mol. The third kappa shape index (κ3) is 10.4. The highest BCUT2D eigenvalue weighted by atomic mass is 35.5. The van der Waals surface area contributed by atoms with Crippen LogP contribution in [0, 0.1) is 0 Å². The maximum absolute atomic E-state index is 7.07. The first-order chi connectivity index (χ1) is 39.6. The standard InChI is InChI=1S/C36H25BN2O.C36H27ClN2O.CH4/c1-4-13-26(14-5-1)38(27-15-6-2-7-16-27)29-23-24-31-35(25-29)40-34-22-12-21-33-36(34)37(31)30-19-10-11-20-32(30)39(33)28-17-8-3-9-18-28;37-36-34(39(30-19-9-3-10-20-30)31-21-11-4-12-22-31)25-14-26-35(36)40-33-24-13-23-32(27-33)38(28-15-5-1-6-16-28)29-17-7-2-8-18-29;/h1-25H;1-27H;1H4. The first kappa shape index (κ1) is 51.5. The number of hydrogen-bond donors (Lipinski definition) is 0. The number of para-hydroxylation sites is 8. The zero-order valence-corrected chi connectivity index (χ0v) is 44.3. The first-order valence-electron chi connectivity index (χ1n) is 26.8. The molecule has 390 valence electrons. The molecular formula is C73H56BClN4O2. The molecule has 0 aliphatic carbocycles. The van der Waals surface area contributed by atoms with Crippen LogP contribution in [0.5, 0.6) is 23.0 Å². The van der Waals surface area contributed by atoms with Gasteiger partial charge in [0.2, 0.25) is 0 Å². The minimum absolute atomic E-state index is 0. The summed E-state index contributed by atoms with van der Waals surface area (Å²) in [4.78, 5) is 8.98. The van der Waals surface area contributed by atoms with Crippen LogP contribution < -0.4 is 45.5 Å². The van der Waals surface area contributed by atoms with E-state index in [0.29, 0.717) is 16.5 Å². The van der Waals surface area contributed by atoms with Crippen LogP contribution >= 0.6 is 11.6 Å². The molecular weight excluding hydrogens is 1010 g/mol. The van der Waals surface area contributed by atoms with E-state index in [1.807, 2.05) is 109 Å². The van der Waals surface area contributed by atoms with Crippen LogP contribution in [-0.4, -0.2) is 6.71 Å². The minimum Gasteiger partial charge on any atom is -0.458 e. The van der Waals surface area contributed by atoms with Gasteiger partial charge >= 0.3 is 0 Å². The van der Waals surface area contributed by atoms with Gasteiger partial charge in [-0.1, -0.05) is 189 Å². The van der Waals surface area contributed by atoms with Crippen LogP contribution in [0.15, 0.2) is 315 Å². The summed E-state index contributed by atoms with van der Waals surface area (Å²) in [7, 11) is 0. The van der Waals surface area contributed by atoms with Crippen molar-refractivity contribution in [3.63, 3.8) is 0 Å². The second-order valence-corrected chi connectivity index (χ2v) is 19.8. The first-order valence-corrected chi connectivity index (χ1v) is 27.2. The van der Waals surface area contributed by atoms with Crippen molar-refractivity contribution in [3.8, 4) is 23.0 Å². The fourth-order valence-electron chi connectivity index (χ4n) is 11.0. The summed E-state index contributed by atoms with van der Waals surface area (Å²) >= 11 is 7.07. The van der Waals surface area contributed by atoms with Crippen molar-refractivity contribution < 1.29 is 9.47 Å². The highest BCUT2D eigenvalue weighted by Crippen LogP contribution is 2.46. The molecule has 0 aromatic heterocycles. The van der Waals surface area contributed by atoms with Gasteiger partial charge in [-0.2, -0.15) is 0 Å². The van der Waals surface area contributed by atoms with E-state index in [4.69, 9.17) is 21.1 Å². The van der Waals surface area contributed by atoms with Gasteiger partial charge in [-0.05, 0) is 150 Å². The van der Waals surface area contributed by atoms with Crippen LogP contribution in [0.2, 0.25) is 5.02 Å². The smallest absolute Gasteiger partial charge is 0.256 e. The topological polar surface area (TPSA) is 31.4 Å². The summed E-state index contributed by atoms with van der Waals surface area (Å²) in [6.45, 7) is 0.0852. The Bertz CT molecular complexity index is 3930. The largest absolute Gasteiger partial charge is 0.458 e. The maximum Gasteiger partial charge on any atom is 0.256 e. The molecule has 12 aromatic carbocycles. The molecule has 0 saturated heterocycles. The molecule has 81 heavy (non-hydrogen) atoms. The quantitative estimate of drug-likeness (QED) is 0.113. The summed E-state index contributed by atoms with van der Waals surface area (Å²) < 4.78 is 13.2. The van der Waals surface area contributed by atoms with E-state index in [2.05, 4.69) is 226 Å². The monoisotopic (exact) mass is 1070 g/mol. The Hall–Kier alpha value is -10.2. The van der Waals surface area contributed by atoms with Gasteiger partial charge in [0.05, 0.1) is 5.69 Å². The Morgan fingerprint density at radius 1 is 0.346 bits per heavy atom. The van der Waals surface area contributed by atoms with Gasteiger partial charge in [0.15, 0.2) is 0 Å². The lowest BCUT2D eigenvalue weighted by atomic mass is 9.34. The second-order valence-electron chi connectivity index (χ2n) is 19.4. The lowest BCUT2D eigenvalue weighted by molar-refractivity contribution is 0.483. The molecule has 0 N–H and O–H groups in total. The Kier molecular flexibility index (Phi) is 14.9. The Morgan fingerprint density at radius 2 is 0.778 bits per heavy atom. The van der Waals surface area contributed by atoms with Gasteiger partial charge in [-0.25, -0.2) is 0 Å². The van der Waals surface area contributed by atoms with Gasteiger partial charge in [0.1, 0.15) is 28.0 Å². The van der Waals surface area contributed by atoms with Crippen molar-refractivity contribution in [1.82, 2.24) is 0 Å². The second kappa shape index (κ2) is 23.4. The molecule has 0 bridgehead atoms. The van der Waals surface area contributed by atoms with Crippen molar-refractivity contribution in [3.05, 3.63) is 320 Å². The van der Waals surface area contributed by atoms with Gasteiger partial charge < -0.3 is 29.1 Å². The van der Waals surface area contributed by atoms with Gasteiger partial charge in [0, 0.05) is 74.7 Å². The number of fused-ring (bicyclic) bond motifs is 4. The molecule has 0 radical (unpaired) electrons. The fourth-order valence-corrected chi connectivity index (χ4v) is 11.2. The van der Waals surface area contributed by atoms with Crippen LogP contribution in [0.1, 0.15) is 7.43 Å². The van der Waals surface area contributed by atoms with E-state index in [1.54, 1.807) is 0 Å². The highest BCUT2D eigenvalue weighted by Gasteiger charge is 2.41. The molecule has 0 saturated carbocycles. The highest BCUT2D eigenvalue weighted by molar-refractivity contribution is 6.99. The van der Waals surface area contributed by atoms with E-state index in [1.165, 1.54) is 22.1 Å². The van der Waals surface area contributed by atoms with Crippen LogP contribution in [0.4, 0.5) is 68.2 Å². The van der Waals surface area contributed by atoms with Gasteiger partial charge in [-0.15, -0.1) is 0 Å². The fraction of sp³-hybridized carbons (Fsp3) is 0.0137. The zero-order valence-electron chi connectivity index (χ0n) is 43.6. The molecule has 12 aromatic rings. The third-order valence-electron chi connectivity index (χ3n) is 14.4. The van der Waals surface area contributed by atoms with E-state index in [9.17, 15) is 0 Å². The summed E-state index contributed by atoms with van der Waals surface area (Å²) in [6, 6.07) is 108. The molecule has 8 heteroatoms. The summed E-state index contributed by atoms with van der Waals surface area (Å²) in [5.41, 5.74) is 16.4. The maximum atomic E-state index is 7.07. The molecule has 6 nitrogen and oxygen atoms in total. The lowest BCUT2D eigenvalue weighted by Gasteiger charge is -2.40. The number of ether oxygens (including phenoxy) is 2. The molecule has 0 atom stereocenters. The number of anilines is 12. The van der Waals surface area contributed by atoms with E-state index < -0.39 is 0 Å². The predicted octanol–water partition coefficient (Wildman–Crippen LogP) is 19.3. The van der Waals surface area contributed by atoms with Crippen molar-refractivity contribution in [2.24, 2.45) is 0 Å². The van der Waals surface area contributed by atoms with Crippen LogP contribution in [0.3, 0.4) is 0 Å². The lowest BCUT2D eigenvalue weighted by Crippen LogP contribution is -2.59. The van der Waals surface area contributed by atoms with Crippen LogP contribution in [0.25, 0.3) is 0 Å². The summed E-state index contributed by atoms with van der Waals surface area (Å²) in [6.07, 6.45) is 0. The molecule has 2 aliphatic heterocycles. The number of halogens is 1. The van der Waals surface area contributed by atoms with Gasteiger partial charge in [0.25, 0.3) is 6.71 Å². The summed E-state index contributed by atoms with van der Waals surface area (Å²) in [5, 5.41) is 0.531. The zero-order chi connectivity index (χ0) is 53.6. The Balaban J connectivity index is 0.000000159. The molecule has 14 rings (SSSR count). The Morgan fingerprint density at radius 3 is 1.32 bits per heavy atom. The minimum atomic E-state index is 0. The predicted molar refractivity (Wildman–Crippen MR) is 341 cm³/mol. The SMILES string of the molecule is C.Clc1c(Oc2cccc(N(c3ccccc3)c3ccccc3)c2)cccc1N(c1ccccc1)c1ccccc1.c1ccc(N(c2ccccc2)c2ccc3c(c2)Oc2cccc4c2B3c2ccccc2N4c2ccccc2)cc1. The van der Waals surface area contributed by atoms with Gasteiger partial charge in [-0.3, -0.25) is 0 Å². The third-order valence-corrected chi connectivity index (χ3v) is 14.8. The Labute approximate surface area is 480 Å². The van der Waals surface area contributed by atoms with Crippen molar-refractivity contribution >= 4 is 103 Å². The van der Waals surface area contributed by atoms with E-state index in [0.717, 1.165) is 74.1 Å². The molecule has 2 aliphatic rings. The van der Waals surface area contributed by atoms with Crippen molar-refractivity contribution in [2.75, 3.05) is 19.6 Å². The van der Waals surface area contributed by atoms with Crippen molar-refractivity contribution in [1.29, 1.82) is 0 Å². The number of nitrogens with zero attached hydrogens (tertiary/aromatic N) is 4. The molecule has 2 heterocycles. The molecule has 0 fully saturated rings. The molecule has 0 spiro atoms. The average Bonchev–Trinajstić information content (AvgIpc) is 3.36.